The van der Waals surface area contributed by atoms with Crippen molar-refractivity contribution in [3.8, 4) is 0 Å². The molecule has 5 heteroatoms. The Balaban J connectivity index is 3.53. The first-order chi connectivity index (χ1) is 41.6. The van der Waals surface area contributed by atoms with Crippen molar-refractivity contribution in [2.45, 2.75) is 302 Å². The molecule has 1 atom stereocenters. The van der Waals surface area contributed by atoms with E-state index in [1.165, 1.54) is 141 Å². The van der Waals surface area contributed by atoms with E-state index in [-0.39, 0.29) is 25.2 Å². The number of hydrogen-bond donors (Lipinski definition) is 1. The molecule has 0 heterocycles. The summed E-state index contributed by atoms with van der Waals surface area (Å²) in [6.07, 6.45) is 112. The Hall–Kier alpha value is -4.74. The molecule has 5 nitrogen and oxygen atoms in total. The van der Waals surface area contributed by atoms with E-state index in [0.717, 1.165) is 128 Å². The monoisotopic (exact) mass is 1160 g/mol. The maximum absolute atomic E-state index is 12.4. The Morgan fingerprint density at radius 3 is 0.714 bits per heavy atom. The molecule has 0 radical (unpaired) electrons. The van der Waals surface area contributed by atoms with Crippen LogP contribution in [0.4, 0.5) is 0 Å². The highest BCUT2D eigenvalue weighted by Crippen LogP contribution is 2.16. The van der Waals surface area contributed by atoms with E-state index in [4.69, 9.17) is 9.47 Å². The minimum absolute atomic E-state index is 0.0748. The van der Waals surface area contributed by atoms with Crippen LogP contribution in [0.3, 0.4) is 0 Å². The Morgan fingerprint density at radius 2 is 0.476 bits per heavy atom. The number of ether oxygens (including phenoxy) is 2. The van der Waals surface area contributed by atoms with E-state index in [2.05, 4.69) is 184 Å². The first-order valence-electron chi connectivity index (χ1n) is 34.7. The average molecular weight is 1160 g/mol. The van der Waals surface area contributed by atoms with Gasteiger partial charge in [0.25, 0.3) is 0 Å². The highest BCUT2D eigenvalue weighted by Gasteiger charge is 2.16. The first-order valence-corrected chi connectivity index (χ1v) is 34.7. The summed E-state index contributed by atoms with van der Waals surface area (Å²) in [5.41, 5.74) is 0. The second-order valence-corrected chi connectivity index (χ2v) is 22.5. The van der Waals surface area contributed by atoms with E-state index in [0.29, 0.717) is 12.8 Å². The minimum atomic E-state index is -0.786. The number of carbonyl (C=O) groups is 2. The second kappa shape index (κ2) is 72.5. The van der Waals surface area contributed by atoms with E-state index in [9.17, 15) is 14.7 Å². The maximum atomic E-state index is 12.4. The van der Waals surface area contributed by atoms with Gasteiger partial charge in [0, 0.05) is 12.8 Å². The van der Waals surface area contributed by atoms with Crippen molar-refractivity contribution in [2.75, 3.05) is 13.2 Å². The lowest BCUT2D eigenvalue weighted by Crippen LogP contribution is -2.28. The molecule has 0 aliphatic heterocycles. The molecule has 0 aliphatic carbocycles. The van der Waals surface area contributed by atoms with Crippen LogP contribution in [-0.4, -0.2) is 36.4 Å². The molecule has 0 aromatic carbocycles. The van der Waals surface area contributed by atoms with E-state index in [1.807, 2.05) is 0 Å². The summed E-state index contributed by atoms with van der Waals surface area (Å²) in [6, 6.07) is 0. The summed E-state index contributed by atoms with van der Waals surface area (Å²) in [5, 5.41) is 9.71. The van der Waals surface area contributed by atoms with Crippen molar-refractivity contribution < 1.29 is 24.2 Å². The third kappa shape index (κ3) is 69.8. The van der Waals surface area contributed by atoms with Crippen molar-refractivity contribution >= 4 is 11.9 Å². The van der Waals surface area contributed by atoms with Crippen LogP contribution in [-0.2, 0) is 19.1 Å². The SMILES string of the molecule is CC/C=C\C/C=C\C/C=C\C/C=C\C/C=C\C/C=C\C/C=C\CCCCCCCCCCCCCCCCCC(=O)OC(CO)COC(=O)CCCCCCCCCCCCC/C=C\C/C=C\C/C=C\C/C=C\C/C=C\C/C=C\C/C=C\CC. The van der Waals surface area contributed by atoms with Crippen LogP contribution >= 0.6 is 0 Å². The van der Waals surface area contributed by atoms with Gasteiger partial charge in [-0.2, -0.15) is 0 Å². The smallest absolute Gasteiger partial charge is 0.306 e. The van der Waals surface area contributed by atoms with Gasteiger partial charge < -0.3 is 14.6 Å². The zero-order valence-electron chi connectivity index (χ0n) is 54.4. The molecule has 474 valence electrons. The zero-order valence-corrected chi connectivity index (χ0v) is 54.4. The molecule has 0 rings (SSSR count). The van der Waals surface area contributed by atoms with Gasteiger partial charge in [-0.1, -0.05) is 325 Å². The summed E-state index contributed by atoms with van der Waals surface area (Å²) in [6.45, 7) is 3.92. The minimum Gasteiger partial charge on any atom is -0.462 e. The van der Waals surface area contributed by atoms with Gasteiger partial charge in [-0.3, -0.25) is 9.59 Å². The summed E-state index contributed by atoms with van der Waals surface area (Å²) in [7, 11) is 0. The molecule has 1 unspecified atom stereocenters. The number of aliphatic hydroxyl groups is 1. The molecule has 0 fully saturated rings. The maximum Gasteiger partial charge on any atom is 0.306 e. The standard InChI is InChI=1S/C79H128O5/c1-3-5-7-9-11-13-15-17-19-21-23-25-27-29-31-33-35-37-38-39-40-42-44-46-48-50-52-54-56-58-60-62-64-66-68-70-72-74-79(82)84-77(75-80)76-83-78(81)73-71-69-67-65-63-61-59-57-55-53-51-49-47-45-43-41-36-34-32-30-28-26-24-22-20-18-16-14-12-10-8-6-4-2/h5-8,11-14,17-20,23-26,29-32,35-37,39-41,45,47,77,80H,3-4,9-10,15-16,21-22,27-28,33-34,38,42-44,46,48-76H2,1-2H3/b7-5-,8-6-,13-11-,14-12-,19-17-,20-18-,25-23-,26-24-,31-29-,32-30-,37-35-,40-39-,41-36-,47-45-. The summed E-state index contributed by atoms with van der Waals surface area (Å²) >= 11 is 0. The molecule has 0 saturated carbocycles. The van der Waals surface area contributed by atoms with Gasteiger partial charge in [-0.15, -0.1) is 0 Å². The number of unbranched alkanes of at least 4 members (excludes halogenated alkanes) is 26. The number of allylic oxidation sites excluding steroid dienone is 28. The van der Waals surface area contributed by atoms with Crippen LogP contribution in [0.2, 0.25) is 0 Å². The lowest BCUT2D eigenvalue weighted by Gasteiger charge is -2.15. The molecule has 0 aromatic rings. The molecular formula is C79H128O5. The molecule has 0 spiro atoms. The summed E-state index contributed by atoms with van der Waals surface area (Å²) in [4.78, 5) is 24.7. The van der Waals surface area contributed by atoms with Crippen molar-refractivity contribution in [1.82, 2.24) is 0 Å². The van der Waals surface area contributed by atoms with Gasteiger partial charge in [-0.25, -0.2) is 0 Å². The van der Waals surface area contributed by atoms with Gasteiger partial charge in [0.2, 0.25) is 0 Å². The van der Waals surface area contributed by atoms with Gasteiger partial charge in [0.15, 0.2) is 6.10 Å². The first kappa shape index (κ1) is 79.3. The fourth-order valence-corrected chi connectivity index (χ4v) is 9.40. The quantitative estimate of drug-likeness (QED) is 0.0373. The topological polar surface area (TPSA) is 72.8 Å². The number of esters is 2. The number of carbonyl (C=O) groups excluding carboxylic acids is 2. The van der Waals surface area contributed by atoms with Crippen LogP contribution in [0.5, 0.6) is 0 Å². The van der Waals surface area contributed by atoms with Crippen molar-refractivity contribution in [2.24, 2.45) is 0 Å². The normalized spacial score (nSPS) is 13.3. The fourth-order valence-electron chi connectivity index (χ4n) is 9.40. The molecule has 84 heavy (non-hydrogen) atoms. The predicted octanol–water partition coefficient (Wildman–Crippen LogP) is 24.4. The highest BCUT2D eigenvalue weighted by atomic mass is 16.6. The highest BCUT2D eigenvalue weighted by molar-refractivity contribution is 5.70. The van der Waals surface area contributed by atoms with Crippen LogP contribution < -0.4 is 0 Å². The van der Waals surface area contributed by atoms with Gasteiger partial charge in [0.1, 0.15) is 6.61 Å². The van der Waals surface area contributed by atoms with Crippen LogP contribution in [0, 0.1) is 0 Å². The van der Waals surface area contributed by atoms with Crippen LogP contribution in [0.1, 0.15) is 296 Å². The van der Waals surface area contributed by atoms with Crippen molar-refractivity contribution in [1.29, 1.82) is 0 Å². The van der Waals surface area contributed by atoms with E-state index >= 15 is 0 Å². The molecule has 0 aromatic heterocycles. The van der Waals surface area contributed by atoms with Gasteiger partial charge in [-0.05, 0) is 128 Å². The molecular weight excluding hydrogens is 1030 g/mol. The van der Waals surface area contributed by atoms with Crippen LogP contribution in [0.25, 0.3) is 0 Å². The molecule has 0 saturated heterocycles. The lowest BCUT2D eigenvalue weighted by atomic mass is 10.0. The zero-order chi connectivity index (χ0) is 60.5. The number of aliphatic hydroxyl groups excluding tert-OH is 1. The fraction of sp³-hybridized carbons (Fsp3) is 0.620. The molecule has 1 N–H and O–H groups in total. The Morgan fingerprint density at radius 1 is 0.274 bits per heavy atom. The molecule has 0 aliphatic rings. The largest absolute Gasteiger partial charge is 0.462 e. The number of rotatable bonds is 62. The lowest BCUT2D eigenvalue weighted by molar-refractivity contribution is -0.161. The van der Waals surface area contributed by atoms with Crippen LogP contribution in [0.15, 0.2) is 170 Å². The Bertz CT molecular complexity index is 1840. The Kier molecular flexibility index (Phi) is 68.4. The Labute approximate surface area is 519 Å². The summed E-state index contributed by atoms with van der Waals surface area (Å²) < 4.78 is 10.8. The van der Waals surface area contributed by atoms with E-state index < -0.39 is 6.10 Å². The molecule has 0 bridgehead atoms. The third-order valence-electron chi connectivity index (χ3n) is 14.5. The predicted molar refractivity (Wildman–Crippen MR) is 370 cm³/mol. The van der Waals surface area contributed by atoms with Gasteiger partial charge in [0.05, 0.1) is 6.61 Å². The molecule has 0 amide bonds. The van der Waals surface area contributed by atoms with Crippen molar-refractivity contribution in [3.05, 3.63) is 170 Å². The summed E-state index contributed by atoms with van der Waals surface area (Å²) in [5.74, 6) is -0.596. The third-order valence-corrected chi connectivity index (χ3v) is 14.5. The van der Waals surface area contributed by atoms with E-state index in [1.54, 1.807) is 0 Å². The second-order valence-electron chi connectivity index (χ2n) is 22.5. The number of hydrogen-bond acceptors (Lipinski definition) is 5. The van der Waals surface area contributed by atoms with Crippen molar-refractivity contribution in [3.63, 3.8) is 0 Å². The average Bonchev–Trinajstić information content (AvgIpc) is 3.51. The van der Waals surface area contributed by atoms with Gasteiger partial charge >= 0.3 is 11.9 Å².